The summed E-state index contributed by atoms with van der Waals surface area (Å²) in [7, 11) is 0. The third-order valence-corrected chi connectivity index (χ3v) is 13.5. The van der Waals surface area contributed by atoms with Crippen molar-refractivity contribution in [1.82, 2.24) is 24.1 Å². The fourth-order valence-electron chi connectivity index (χ4n) is 10.5. The third kappa shape index (κ3) is 4.99. The van der Waals surface area contributed by atoms with Gasteiger partial charge in [-0.25, -0.2) is 4.98 Å². The number of hydrogen-bond donors (Lipinski definition) is 0. The molecule has 0 atom stereocenters. The van der Waals surface area contributed by atoms with Crippen LogP contribution in [0.3, 0.4) is 0 Å². The van der Waals surface area contributed by atoms with Crippen LogP contribution < -0.4 is 0 Å². The molecule has 7 nitrogen and oxygen atoms in total. The Balaban J connectivity index is 1.09. The van der Waals surface area contributed by atoms with E-state index in [9.17, 15) is 0 Å². The summed E-state index contributed by atoms with van der Waals surface area (Å²) in [5.74, 6) is 1.54. The van der Waals surface area contributed by atoms with E-state index in [2.05, 4.69) is 191 Å². The largest absolute Gasteiger partial charge is 0.456 e. The van der Waals surface area contributed by atoms with Gasteiger partial charge in [0, 0.05) is 59.6 Å². The molecular weight excluding hydrogens is 811 g/mol. The van der Waals surface area contributed by atoms with Crippen LogP contribution >= 0.6 is 0 Å². The molecule has 15 aromatic rings. The zero-order valence-corrected chi connectivity index (χ0v) is 35.1. The topological polar surface area (TPSA) is 74.8 Å². The summed E-state index contributed by atoms with van der Waals surface area (Å²) in [5, 5.41) is 13.3. The molecule has 66 heavy (non-hydrogen) atoms. The fraction of sp³-hybridized carbons (Fsp3) is 0. The van der Waals surface area contributed by atoms with Crippen molar-refractivity contribution in [2.75, 3.05) is 0 Å². The summed E-state index contributed by atoms with van der Waals surface area (Å²) in [6.07, 6.45) is 0. The van der Waals surface area contributed by atoms with E-state index in [4.69, 9.17) is 23.8 Å². The molecule has 0 N–H and O–H groups in total. The van der Waals surface area contributed by atoms with Crippen LogP contribution in [0.25, 0.3) is 143 Å². The van der Waals surface area contributed by atoms with E-state index in [-0.39, 0.29) is 0 Å². The van der Waals surface area contributed by atoms with E-state index in [1.165, 1.54) is 10.8 Å². The first-order valence-electron chi connectivity index (χ1n) is 22.2. The predicted molar refractivity (Wildman–Crippen MR) is 269 cm³/mol. The highest BCUT2D eigenvalue weighted by Crippen LogP contribution is 2.43. The highest BCUT2D eigenvalue weighted by Gasteiger charge is 2.24. The minimum atomic E-state index is 0.506. The Morgan fingerprint density at radius 1 is 0.318 bits per heavy atom. The van der Waals surface area contributed by atoms with Gasteiger partial charge in [-0.1, -0.05) is 133 Å². The third-order valence-electron chi connectivity index (χ3n) is 13.5. The van der Waals surface area contributed by atoms with Gasteiger partial charge in [-0.15, -0.1) is 0 Å². The van der Waals surface area contributed by atoms with Crippen molar-refractivity contribution in [3.05, 3.63) is 200 Å². The van der Waals surface area contributed by atoms with E-state index in [1.54, 1.807) is 0 Å². The molecule has 5 aromatic heterocycles. The first-order valence-corrected chi connectivity index (χ1v) is 22.2. The lowest BCUT2D eigenvalue weighted by Gasteiger charge is -2.16. The first kappa shape index (κ1) is 35.4. The molecule has 0 spiro atoms. The Morgan fingerprint density at radius 2 is 0.894 bits per heavy atom. The molecule has 0 amide bonds. The van der Waals surface area contributed by atoms with Gasteiger partial charge < -0.3 is 13.4 Å². The van der Waals surface area contributed by atoms with Gasteiger partial charge in [0.2, 0.25) is 5.95 Å². The van der Waals surface area contributed by atoms with Gasteiger partial charge in [0.05, 0.1) is 27.8 Å². The smallest absolute Gasteiger partial charge is 0.238 e. The van der Waals surface area contributed by atoms with E-state index >= 15 is 0 Å². The molecule has 0 aliphatic rings. The van der Waals surface area contributed by atoms with Crippen LogP contribution in [0.15, 0.2) is 209 Å². The number of aromatic nitrogens is 5. The van der Waals surface area contributed by atoms with Crippen LogP contribution in [0.2, 0.25) is 0 Å². The second-order valence-corrected chi connectivity index (χ2v) is 17.2. The first-order chi connectivity index (χ1) is 32.7. The molecule has 0 saturated heterocycles. The Hall–Kier alpha value is -9.07. The Bertz CT molecular complexity index is 4500. The SMILES string of the molecule is c1ccc2cc3c(cc2c1)c1ccccc1n3-c1cc2c(cc1-c1nc(-c3ccc4c(c3)oc3ccccc34)nc(-n3c4ccccc4c4ccccc43)n1)oc1c3ccccc3ccc21. The second-order valence-electron chi connectivity index (χ2n) is 17.2. The number of fused-ring (bicyclic) bond motifs is 15. The molecule has 5 heterocycles. The normalized spacial score (nSPS) is 12.2. The van der Waals surface area contributed by atoms with Crippen molar-refractivity contribution in [1.29, 1.82) is 0 Å². The molecule has 7 heteroatoms. The zero-order chi connectivity index (χ0) is 43.0. The van der Waals surface area contributed by atoms with Crippen LogP contribution in [0.4, 0.5) is 0 Å². The van der Waals surface area contributed by atoms with E-state index < -0.39 is 0 Å². The van der Waals surface area contributed by atoms with Gasteiger partial charge in [-0.2, -0.15) is 9.97 Å². The highest BCUT2D eigenvalue weighted by molar-refractivity contribution is 6.18. The Morgan fingerprint density at radius 3 is 1.67 bits per heavy atom. The maximum atomic E-state index is 6.94. The van der Waals surface area contributed by atoms with Crippen LogP contribution in [-0.2, 0) is 0 Å². The predicted octanol–water partition coefficient (Wildman–Crippen LogP) is 15.5. The summed E-state index contributed by atoms with van der Waals surface area (Å²) >= 11 is 0. The lowest BCUT2D eigenvalue weighted by Crippen LogP contribution is -2.08. The Labute approximate surface area is 375 Å². The van der Waals surface area contributed by atoms with Gasteiger partial charge in [0.15, 0.2) is 11.6 Å². The summed E-state index contributed by atoms with van der Waals surface area (Å²) < 4.78 is 17.9. The van der Waals surface area contributed by atoms with E-state index in [0.717, 1.165) is 115 Å². The zero-order valence-electron chi connectivity index (χ0n) is 35.1. The average molecular weight is 844 g/mol. The van der Waals surface area contributed by atoms with Gasteiger partial charge in [0.1, 0.15) is 22.3 Å². The highest BCUT2D eigenvalue weighted by atomic mass is 16.3. The van der Waals surface area contributed by atoms with Crippen LogP contribution in [0.1, 0.15) is 0 Å². The lowest BCUT2D eigenvalue weighted by atomic mass is 10.0. The summed E-state index contributed by atoms with van der Waals surface area (Å²) in [4.78, 5) is 16.3. The molecule has 15 rings (SSSR count). The molecule has 0 aliphatic carbocycles. The average Bonchev–Trinajstić information content (AvgIpc) is 4.12. The second kappa shape index (κ2) is 13.2. The molecule has 306 valence electrons. The summed E-state index contributed by atoms with van der Waals surface area (Å²) in [6.45, 7) is 0. The van der Waals surface area contributed by atoms with Gasteiger partial charge >= 0.3 is 0 Å². The molecule has 0 radical (unpaired) electrons. The lowest BCUT2D eigenvalue weighted by molar-refractivity contribution is 0.669. The van der Waals surface area contributed by atoms with Crippen LogP contribution in [0, 0.1) is 0 Å². The van der Waals surface area contributed by atoms with Crippen molar-refractivity contribution >= 4 is 109 Å². The Kier molecular flexibility index (Phi) is 7.10. The summed E-state index contributed by atoms with van der Waals surface area (Å²) in [5.41, 5.74) is 9.91. The molecule has 0 saturated carbocycles. The standard InChI is InChI=1S/C59H33N5O2/c1-2-15-36-30-51-45(29-35(36)14-1)41-19-7-9-21-48(41)63(51)52-32-46-44-28-25-34-13-3-4-16-38(34)56(44)66-55(46)33-47(52)58-60-57(37-26-27-43-42-20-8-12-24-53(42)65-54(43)31-37)61-59(62-58)64-49-22-10-5-17-39(49)40-18-6-11-23-50(40)64/h1-33H. The van der Waals surface area contributed by atoms with Gasteiger partial charge in [-0.3, -0.25) is 4.57 Å². The van der Waals surface area contributed by atoms with Crippen molar-refractivity contribution in [2.24, 2.45) is 0 Å². The molecule has 0 aliphatic heterocycles. The molecule has 0 bridgehead atoms. The number of furan rings is 2. The number of benzene rings is 10. The van der Waals surface area contributed by atoms with Crippen molar-refractivity contribution in [3.63, 3.8) is 0 Å². The monoisotopic (exact) mass is 843 g/mol. The van der Waals surface area contributed by atoms with Gasteiger partial charge in [-0.05, 0) is 82.9 Å². The van der Waals surface area contributed by atoms with Crippen LogP contribution in [-0.4, -0.2) is 24.1 Å². The maximum absolute atomic E-state index is 6.94. The summed E-state index contributed by atoms with van der Waals surface area (Å²) in [6, 6.07) is 70.3. The van der Waals surface area contributed by atoms with Crippen molar-refractivity contribution in [3.8, 4) is 34.4 Å². The molecule has 0 fully saturated rings. The quantitative estimate of drug-likeness (QED) is 0.176. The van der Waals surface area contributed by atoms with Crippen LogP contribution in [0.5, 0.6) is 0 Å². The van der Waals surface area contributed by atoms with Gasteiger partial charge in [0.25, 0.3) is 0 Å². The molecule has 0 unspecified atom stereocenters. The number of nitrogens with zero attached hydrogens (tertiary/aromatic N) is 5. The molecule has 10 aromatic carbocycles. The fourth-order valence-corrected chi connectivity index (χ4v) is 10.5. The number of para-hydroxylation sites is 4. The van der Waals surface area contributed by atoms with E-state index in [0.29, 0.717) is 17.6 Å². The number of hydrogen-bond acceptors (Lipinski definition) is 5. The van der Waals surface area contributed by atoms with E-state index in [1.807, 2.05) is 18.2 Å². The minimum Gasteiger partial charge on any atom is -0.456 e. The minimum absolute atomic E-state index is 0.506. The maximum Gasteiger partial charge on any atom is 0.238 e. The van der Waals surface area contributed by atoms with Crippen molar-refractivity contribution < 1.29 is 8.83 Å². The van der Waals surface area contributed by atoms with Crippen molar-refractivity contribution in [2.45, 2.75) is 0 Å². The molecular formula is C59H33N5O2. The number of rotatable bonds is 4.